The summed E-state index contributed by atoms with van der Waals surface area (Å²) in [5.41, 5.74) is 6.56. The van der Waals surface area contributed by atoms with Gasteiger partial charge in [0.2, 0.25) is 5.88 Å². The van der Waals surface area contributed by atoms with E-state index in [9.17, 15) is 4.79 Å². The molecule has 0 aliphatic rings. The largest absolute Gasteiger partial charge is 0.481 e. The number of nitrogens with two attached hydrogens (primary N) is 1. The number of allylic oxidation sites excluding steroid dienone is 1. The van der Waals surface area contributed by atoms with Crippen molar-refractivity contribution in [1.82, 2.24) is 14.8 Å². The molecule has 8 nitrogen and oxygen atoms in total. The van der Waals surface area contributed by atoms with Crippen molar-refractivity contribution in [2.24, 2.45) is 5.73 Å². The number of nitrogens with one attached hydrogen (secondary N) is 1. The summed E-state index contributed by atoms with van der Waals surface area (Å²) < 4.78 is 6.33. The van der Waals surface area contributed by atoms with E-state index in [-0.39, 0.29) is 5.69 Å². The second-order valence-electron chi connectivity index (χ2n) is 3.96. The number of aromatic carboxylic acids is 1. The van der Waals surface area contributed by atoms with E-state index in [1.165, 1.54) is 30.3 Å². The molecule has 0 aliphatic heterocycles. The Kier molecular flexibility index (Phi) is 3.98. The third-order valence-corrected chi connectivity index (χ3v) is 2.73. The van der Waals surface area contributed by atoms with E-state index in [4.69, 9.17) is 21.0 Å². The molecule has 0 saturated carbocycles. The molecule has 2 heterocycles. The van der Waals surface area contributed by atoms with Crippen LogP contribution in [0.15, 0.2) is 30.6 Å². The minimum absolute atomic E-state index is 0.151. The molecule has 0 fully saturated rings. The summed E-state index contributed by atoms with van der Waals surface area (Å²) in [5.74, 6) is -0.745. The van der Waals surface area contributed by atoms with Crippen LogP contribution in [0.4, 0.5) is 0 Å². The molecule has 4 N–H and O–H groups in total. The molecular formula is C13H13N5O3. The van der Waals surface area contributed by atoms with Gasteiger partial charge in [-0.25, -0.2) is 14.5 Å². The molecule has 0 bridgehead atoms. The molecular weight excluding hydrogens is 274 g/mol. The Morgan fingerprint density at radius 3 is 2.76 bits per heavy atom. The van der Waals surface area contributed by atoms with Gasteiger partial charge in [-0.3, -0.25) is 0 Å². The van der Waals surface area contributed by atoms with Crippen molar-refractivity contribution in [3.63, 3.8) is 0 Å². The van der Waals surface area contributed by atoms with Crippen molar-refractivity contribution in [1.29, 1.82) is 5.41 Å². The van der Waals surface area contributed by atoms with Gasteiger partial charge in [0.05, 0.1) is 24.7 Å². The molecule has 0 amide bonds. The molecule has 0 aliphatic carbocycles. The van der Waals surface area contributed by atoms with Crippen molar-refractivity contribution in [2.75, 3.05) is 7.11 Å². The standard InChI is InChI=1S/C13H13N5O3/c1-21-12-3-2-9(7-16-12)18-11(8(5-14)6-15)4-10(17-18)13(19)20/h2-7,14H,15H2,1H3,(H,19,20)/b8-6+,14-5?. The van der Waals surface area contributed by atoms with Crippen LogP contribution in [0, 0.1) is 5.41 Å². The number of ether oxygens (including phenoxy) is 1. The Labute approximate surface area is 120 Å². The lowest BCUT2D eigenvalue weighted by Gasteiger charge is -2.07. The SMILES string of the molecule is COc1ccc(-n2nc(C(=O)O)cc2/C(C=N)=C/N)cn1. The van der Waals surface area contributed by atoms with E-state index in [0.29, 0.717) is 22.8 Å². The van der Waals surface area contributed by atoms with E-state index >= 15 is 0 Å². The van der Waals surface area contributed by atoms with Crippen LogP contribution in [-0.2, 0) is 0 Å². The second kappa shape index (κ2) is 5.87. The number of aromatic nitrogens is 3. The van der Waals surface area contributed by atoms with Gasteiger partial charge in [0.1, 0.15) is 0 Å². The topological polar surface area (TPSA) is 127 Å². The van der Waals surface area contributed by atoms with Crippen molar-refractivity contribution < 1.29 is 14.6 Å². The quantitative estimate of drug-likeness (QED) is 0.702. The minimum atomic E-state index is -1.17. The van der Waals surface area contributed by atoms with E-state index in [0.717, 1.165) is 6.21 Å². The van der Waals surface area contributed by atoms with Crippen LogP contribution in [-0.4, -0.2) is 39.2 Å². The first kappa shape index (κ1) is 14.3. The average Bonchev–Trinajstić information content (AvgIpc) is 2.94. The number of pyridine rings is 1. The van der Waals surface area contributed by atoms with Crippen LogP contribution in [0.25, 0.3) is 11.3 Å². The summed E-state index contributed by atoms with van der Waals surface area (Å²) >= 11 is 0. The molecule has 0 unspecified atom stereocenters. The Balaban J connectivity index is 2.59. The molecule has 108 valence electrons. The molecule has 2 rings (SSSR count). The van der Waals surface area contributed by atoms with Crippen molar-refractivity contribution in [3.8, 4) is 11.6 Å². The molecule has 0 atom stereocenters. The van der Waals surface area contributed by atoms with Gasteiger partial charge in [-0.05, 0) is 12.1 Å². The predicted octanol–water partition coefficient (Wildman–Crippen LogP) is 0.923. The molecule has 0 aromatic carbocycles. The summed E-state index contributed by atoms with van der Waals surface area (Å²) in [7, 11) is 1.49. The number of hydrogen-bond donors (Lipinski definition) is 3. The van der Waals surface area contributed by atoms with Gasteiger partial charge in [-0.15, -0.1) is 0 Å². The second-order valence-corrected chi connectivity index (χ2v) is 3.96. The van der Waals surface area contributed by atoms with Crippen LogP contribution >= 0.6 is 0 Å². The number of carboxylic acids is 1. The van der Waals surface area contributed by atoms with Gasteiger partial charge in [0.25, 0.3) is 0 Å². The first-order chi connectivity index (χ1) is 10.1. The Hall–Kier alpha value is -3.16. The van der Waals surface area contributed by atoms with Crippen LogP contribution < -0.4 is 10.5 Å². The summed E-state index contributed by atoms with van der Waals surface area (Å²) in [6.45, 7) is 0. The monoisotopic (exact) mass is 287 g/mol. The van der Waals surface area contributed by atoms with E-state index in [2.05, 4.69) is 10.1 Å². The van der Waals surface area contributed by atoms with Crippen LogP contribution in [0.5, 0.6) is 5.88 Å². The average molecular weight is 287 g/mol. The van der Waals surface area contributed by atoms with Gasteiger partial charge in [-0.1, -0.05) is 0 Å². The number of rotatable bonds is 5. The lowest BCUT2D eigenvalue weighted by Crippen LogP contribution is -2.05. The van der Waals surface area contributed by atoms with Crippen molar-refractivity contribution >= 4 is 17.8 Å². The number of carbonyl (C=O) groups is 1. The van der Waals surface area contributed by atoms with Gasteiger partial charge in [-0.2, -0.15) is 5.10 Å². The summed E-state index contributed by atoms with van der Waals surface area (Å²) in [6.07, 6.45) is 3.72. The number of methoxy groups -OCH3 is 1. The van der Waals surface area contributed by atoms with Gasteiger partial charge < -0.3 is 21.0 Å². The molecule has 0 spiro atoms. The Morgan fingerprint density at radius 2 is 2.29 bits per heavy atom. The highest BCUT2D eigenvalue weighted by Gasteiger charge is 2.16. The fourth-order valence-corrected chi connectivity index (χ4v) is 1.71. The summed E-state index contributed by atoms with van der Waals surface area (Å²) in [5, 5.41) is 20.4. The highest BCUT2D eigenvalue weighted by Crippen LogP contribution is 2.19. The highest BCUT2D eigenvalue weighted by atomic mass is 16.5. The molecule has 0 radical (unpaired) electrons. The normalized spacial score (nSPS) is 11.2. The highest BCUT2D eigenvalue weighted by molar-refractivity contribution is 6.08. The molecule has 2 aromatic rings. The Bertz CT molecular complexity index is 703. The first-order valence-corrected chi connectivity index (χ1v) is 5.87. The maximum atomic E-state index is 11.1. The maximum absolute atomic E-state index is 11.1. The van der Waals surface area contributed by atoms with Crippen LogP contribution in [0.1, 0.15) is 16.2 Å². The fraction of sp³-hybridized carbons (Fsp3) is 0.0769. The summed E-state index contributed by atoms with van der Waals surface area (Å²) in [6, 6.07) is 4.64. The zero-order valence-corrected chi connectivity index (χ0v) is 11.1. The van der Waals surface area contributed by atoms with Crippen LogP contribution in [0.3, 0.4) is 0 Å². The van der Waals surface area contributed by atoms with Crippen molar-refractivity contribution in [2.45, 2.75) is 0 Å². The van der Waals surface area contributed by atoms with Gasteiger partial charge in [0.15, 0.2) is 5.69 Å². The number of carboxylic acid groups (broad SMARTS) is 1. The molecule has 8 heteroatoms. The molecule has 0 saturated heterocycles. The number of hydrogen-bond acceptors (Lipinski definition) is 6. The van der Waals surface area contributed by atoms with Gasteiger partial charge in [0, 0.05) is 24.1 Å². The first-order valence-electron chi connectivity index (χ1n) is 5.87. The zero-order chi connectivity index (χ0) is 15.4. The van der Waals surface area contributed by atoms with E-state index in [1.54, 1.807) is 12.1 Å². The fourth-order valence-electron chi connectivity index (χ4n) is 1.71. The van der Waals surface area contributed by atoms with E-state index in [1.807, 2.05) is 0 Å². The van der Waals surface area contributed by atoms with Gasteiger partial charge >= 0.3 is 5.97 Å². The summed E-state index contributed by atoms with van der Waals surface area (Å²) in [4.78, 5) is 15.1. The molecule has 21 heavy (non-hydrogen) atoms. The molecule has 2 aromatic heterocycles. The third kappa shape index (κ3) is 2.73. The number of nitrogens with zero attached hydrogens (tertiary/aromatic N) is 3. The van der Waals surface area contributed by atoms with E-state index < -0.39 is 5.97 Å². The van der Waals surface area contributed by atoms with Crippen LogP contribution in [0.2, 0.25) is 0 Å². The smallest absolute Gasteiger partial charge is 0.356 e. The lowest BCUT2D eigenvalue weighted by atomic mass is 10.2. The zero-order valence-electron chi connectivity index (χ0n) is 11.1. The maximum Gasteiger partial charge on any atom is 0.356 e. The van der Waals surface area contributed by atoms with Crippen molar-refractivity contribution in [3.05, 3.63) is 42.0 Å². The minimum Gasteiger partial charge on any atom is -0.481 e. The predicted molar refractivity (Wildman–Crippen MR) is 75.8 cm³/mol. The Morgan fingerprint density at radius 1 is 1.52 bits per heavy atom. The third-order valence-electron chi connectivity index (χ3n) is 2.73. The lowest BCUT2D eigenvalue weighted by molar-refractivity contribution is 0.0690.